The van der Waals surface area contributed by atoms with Crippen LogP contribution in [0, 0.1) is 5.82 Å². The van der Waals surface area contributed by atoms with Crippen LogP contribution in [-0.4, -0.2) is 5.78 Å². The van der Waals surface area contributed by atoms with Gasteiger partial charge in [-0.05, 0) is 36.4 Å². The molecule has 0 bridgehead atoms. The van der Waals surface area contributed by atoms with Gasteiger partial charge in [-0.1, -0.05) is 30.1 Å². The molecule has 0 aliphatic rings. The minimum absolute atomic E-state index is 0.0422. The molecule has 0 aliphatic carbocycles. The SMILES string of the molecule is CCC(=O)c1ccc(F)c(-c2cc(Cl)ccc2Cl)c1. The summed E-state index contributed by atoms with van der Waals surface area (Å²) in [7, 11) is 0. The predicted octanol–water partition coefficient (Wildman–Crippen LogP) is 5.39. The van der Waals surface area contributed by atoms with Crippen LogP contribution < -0.4 is 0 Å². The third kappa shape index (κ3) is 2.96. The Morgan fingerprint density at radius 2 is 1.84 bits per heavy atom. The Labute approximate surface area is 121 Å². The highest BCUT2D eigenvalue weighted by molar-refractivity contribution is 6.35. The average Bonchev–Trinajstić information content (AvgIpc) is 2.41. The third-order valence-electron chi connectivity index (χ3n) is 2.83. The van der Waals surface area contributed by atoms with Gasteiger partial charge in [-0.25, -0.2) is 4.39 Å². The Bertz CT molecular complexity index is 638. The molecule has 0 saturated heterocycles. The summed E-state index contributed by atoms with van der Waals surface area (Å²) in [5.74, 6) is -0.476. The second-order valence-corrected chi connectivity index (χ2v) is 4.94. The number of carbonyl (C=O) groups is 1. The van der Waals surface area contributed by atoms with Crippen LogP contribution in [0.15, 0.2) is 36.4 Å². The number of rotatable bonds is 3. The molecule has 4 heteroatoms. The van der Waals surface area contributed by atoms with Crippen molar-refractivity contribution in [2.45, 2.75) is 13.3 Å². The number of ketones is 1. The minimum atomic E-state index is -0.434. The van der Waals surface area contributed by atoms with E-state index in [4.69, 9.17) is 23.2 Å². The van der Waals surface area contributed by atoms with E-state index in [9.17, 15) is 9.18 Å². The number of Topliss-reactive ketones (excluding diaryl/α,β-unsaturated/α-hetero) is 1. The summed E-state index contributed by atoms with van der Waals surface area (Å²) in [5.41, 5.74) is 1.24. The standard InChI is InChI=1S/C15H11Cl2FO/c1-2-15(19)9-3-6-14(18)12(7-9)11-8-10(16)4-5-13(11)17/h3-8H,2H2,1H3. The highest BCUT2D eigenvalue weighted by Gasteiger charge is 2.13. The van der Waals surface area contributed by atoms with Crippen LogP contribution in [0.5, 0.6) is 0 Å². The molecule has 0 unspecified atom stereocenters. The molecule has 2 rings (SSSR count). The molecule has 0 atom stereocenters. The van der Waals surface area contributed by atoms with Crippen LogP contribution in [0.25, 0.3) is 11.1 Å². The Morgan fingerprint density at radius 3 is 2.53 bits per heavy atom. The van der Waals surface area contributed by atoms with Crippen LogP contribution in [0.4, 0.5) is 4.39 Å². The smallest absolute Gasteiger partial charge is 0.162 e. The Morgan fingerprint density at radius 1 is 1.11 bits per heavy atom. The van der Waals surface area contributed by atoms with Crippen molar-refractivity contribution in [3.05, 3.63) is 57.8 Å². The summed E-state index contributed by atoms with van der Waals surface area (Å²) < 4.78 is 13.9. The summed E-state index contributed by atoms with van der Waals surface area (Å²) in [6, 6.07) is 9.08. The van der Waals surface area contributed by atoms with E-state index in [1.54, 1.807) is 25.1 Å². The van der Waals surface area contributed by atoms with Crippen LogP contribution >= 0.6 is 23.2 Å². The van der Waals surface area contributed by atoms with Gasteiger partial charge in [-0.3, -0.25) is 4.79 Å². The first kappa shape index (κ1) is 14.0. The third-order valence-corrected chi connectivity index (χ3v) is 3.39. The van der Waals surface area contributed by atoms with Crippen molar-refractivity contribution in [3.63, 3.8) is 0 Å². The highest BCUT2D eigenvalue weighted by atomic mass is 35.5. The fraction of sp³-hybridized carbons (Fsp3) is 0.133. The fourth-order valence-corrected chi connectivity index (χ4v) is 2.20. The van der Waals surface area contributed by atoms with E-state index in [0.717, 1.165) is 0 Å². The lowest BCUT2D eigenvalue weighted by Gasteiger charge is -2.08. The zero-order chi connectivity index (χ0) is 14.0. The molecule has 0 fully saturated rings. The van der Waals surface area contributed by atoms with E-state index >= 15 is 0 Å². The Kier molecular flexibility index (Phi) is 4.23. The number of benzene rings is 2. The largest absolute Gasteiger partial charge is 0.294 e. The van der Waals surface area contributed by atoms with Crippen molar-refractivity contribution in [2.24, 2.45) is 0 Å². The first-order chi connectivity index (χ1) is 9.02. The molecular formula is C15H11Cl2FO. The molecule has 0 heterocycles. The van der Waals surface area contributed by atoms with Gasteiger partial charge in [-0.15, -0.1) is 0 Å². The minimum Gasteiger partial charge on any atom is -0.294 e. The summed E-state index contributed by atoms with van der Waals surface area (Å²) >= 11 is 12.0. The molecule has 2 aromatic rings. The van der Waals surface area contributed by atoms with Gasteiger partial charge >= 0.3 is 0 Å². The molecule has 0 spiro atoms. The van der Waals surface area contributed by atoms with Crippen molar-refractivity contribution < 1.29 is 9.18 Å². The first-order valence-corrected chi connectivity index (χ1v) is 6.56. The molecule has 0 saturated carbocycles. The van der Waals surface area contributed by atoms with Crippen LogP contribution in [0.3, 0.4) is 0 Å². The van der Waals surface area contributed by atoms with E-state index in [1.807, 2.05) is 0 Å². The molecule has 0 N–H and O–H groups in total. The maximum Gasteiger partial charge on any atom is 0.162 e. The van der Waals surface area contributed by atoms with E-state index in [0.29, 0.717) is 27.6 Å². The molecule has 0 radical (unpaired) electrons. The van der Waals surface area contributed by atoms with Crippen molar-refractivity contribution in [2.75, 3.05) is 0 Å². The van der Waals surface area contributed by atoms with Gasteiger partial charge in [0.2, 0.25) is 0 Å². The molecule has 1 nitrogen and oxygen atoms in total. The number of halogens is 3. The molecule has 98 valence electrons. The van der Waals surface area contributed by atoms with Gasteiger partial charge in [0.25, 0.3) is 0 Å². The van der Waals surface area contributed by atoms with Crippen molar-refractivity contribution in [1.29, 1.82) is 0 Å². The van der Waals surface area contributed by atoms with Crippen molar-refractivity contribution in [1.82, 2.24) is 0 Å². The molecule has 0 amide bonds. The van der Waals surface area contributed by atoms with E-state index in [1.165, 1.54) is 18.2 Å². The normalized spacial score (nSPS) is 10.5. The Hall–Kier alpha value is -1.38. The van der Waals surface area contributed by atoms with Crippen LogP contribution in [0.1, 0.15) is 23.7 Å². The molecule has 19 heavy (non-hydrogen) atoms. The number of hydrogen-bond acceptors (Lipinski definition) is 1. The fourth-order valence-electron chi connectivity index (χ4n) is 1.81. The highest BCUT2D eigenvalue weighted by Crippen LogP contribution is 2.33. The van der Waals surface area contributed by atoms with Crippen molar-refractivity contribution in [3.8, 4) is 11.1 Å². The van der Waals surface area contributed by atoms with Gasteiger partial charge < -0.3 is 0 Å². The van der Waals surface area contributed by atoms with Gasteiger partial charge in [-0.2, -0.15) is 0 Å². The lowest BCUT2D eigenvalue weighted by molar-refractivity contribution is 0.0988. The zero-order valence-electron chi connectivity index (χ0n) is 10.2. The summed E-state index contributed by atoms with van der Waals surface area (Å²) in [5, 5.41) is 0.857. The van der Waals surface area contributed by atoms with Crippen molar-refractivity contribution >= 4 is 29.0 Å². The van der Waals surface area contributed by atoms with Gasteiger partial charge in [0.1, 0.15) is 5.82 Å². The quantitative estimate of drug-likeness (QED) is 0.694. The maximum atomic E-state index is 13.9. The van der Waals surface area contributed by atoms with Crippen LogP contribution in [-0.2, 0) is 0 Å². The topological polar surface area (TPSA) is 17.1 Å². The molecular weight excluding hydrogens is 286 g/mol. The lowest BCUT2D eigenvalue weighted by atomic mass is 10.00. The van der Waals surface area contributed by atoms with E-state index in [2.05, 4.69) is 0 Å². The van der Waals surface area contributed by atoms with Gasteiger partial charge in [0.05, 0.1) is 0 Å². The summed E-state index contributed by atoms with van der Waals surface area (Å²) in [6.45, 7) is 1.76. The van der Waals surface area contributed by atoms with Gasteiger partial charge in [0.15, 0.2) is 5.78 Å². The second-order valence-electron chi connectivity index (χ2n) is 4.10. The summed E-state index contributed by atoms with van der Waals surface area (Å²) in [4.78, 5) is 11.7. The number of carbonyl (C=O) groups excluding carboxylic acids is 1. The second kappa shape index (κ2) is 5.72. The first-order valence-electron chi connectivity index (χ1n) is 5.81. The predicted molar refractivity (Wildman–Crippen MR) is 76.5 cm³/mol. The monoisotopic (exact) mass is 296 g/mol. The lowest BCUT2D eigenvalue weighted by Crippen LogP contribution is -1.98. The maximum absolute atomic E-state index is 13.9. The molecule has 0 aliphatic heterocycles. The zero-order valence-corrected chi connectivity index (χ0v) is 11.7. The molecule has 2 aromatic carbocycles. The molecule has 0 aromatic heterocycles. The Balaban J connectivity index is 2.61. The van der Waals surface area contributed by atoms with Gasteiger partial charge in [0, 0.05) is 33.2 Å². The number of hydrogen-bond donors (Lipinski definition) is 0. The summed E-state index contributed by atoms with van der Waals surface area (Å²) in [6.07, 6.45) is 0.369. The van der Waals surface area contributed by atoms with E-state index < -0.39 is 5.82 Å². The average molecular weight is 297 g/mol. The van der Waals surface area contributed by atoms with E-state index in [-0.39, 0.29) is 11.3 Å². The van der Waals surface area contributed by atoms with Crippen LogP contribution in [0.2, 0.25) is 10.0 Å².